The average molecular weight is 454 g/mol. The van der Waals surface area contributed by atoms with Crippen LogP contribution in [0.3, 0.4) is 0 Å². The molecule has 4 aromatic rings. The molecule has 1 unspecified atom stereocenters. The van der Waals surface area contributed by atoms with Crippen molar-refractivity contribution in [2.45, 2.75) is 19.8 Å². The maximum absolute atomic E-state index is 13.9. The molecular weight excluding hydrogens is 432 g/mol. The third-order valence-electron chi connectivity index (χ3n) is 5.62. The predicted molar refractivity (Wildman–Crippen MR) is 121 cm³/mol. The van der Waals surface area contributed by atoms with E-state index < -0.39 is 5.82 Å². The molecule has 32 heavy (non-hydrogen) atoms. The van der Waals surface area contributed by atoms with E-state index in [0.29, 0.717) is 17.9 Å². The minimum absolute atomic E-state index is 0.192. The fraction of sp³-hybridized carbons (Fsp3) is 0.261. The Morgan fingerprint density at radius 2 is 2.03 bits per heavy atom. The zero-order chi connectivity index (χ0) is 22.2. The summed E-state index contributed by atoms with van der Waals surface area (Å²) in [4.78, 5) is 19.7. The smallest absolute Gasteiger partial charge is 0.229 e. The van der Waals surface area contributed by atoms with Crippen molar-refractivity contribution in [3.63, 3.8) is 0 Å². The summed E-state index contributed by atoms with van der Waals surface area (Å²) in [5.74, 6) is -1.24. The first-order valence-corrected chi connectivity index (χ1v) is 11.2. The fourth-order valence-electron chi connectivity index (χ4n) is 4.01. The van der Waals surface area contributed by atoms with Gasteiger partial charge in [-0.05, 0) is 50.1 Å². The molecule has 1 amide bonds. The number of aromatic nitrogens is 3. The van der Waals surface area contributed by atoms with E-state index in [2.05, 4.69) is 15.3 Å². The molecule has 3 heterocycles. The van der Waals surface area contributed by atoms with E-state index in [4.69, 9.17) is 4.98 Å². The van der Waals surface area contributed by atoms with Gasteiger partial charge in [-0.25, -0.2) is 13.5 Å². The van der Waals surface area contributed by atoms with E-state index in [1.807, 2.05) is 6.92 Å². The van der Waals surface area contributed by atoms with E-state index in [0.717, 1.165) is 34.9 Å². The molecule has 0 saturated carbocycles. The van der Waals surface area contributed by atoms with E-state index in [-0.39, 0.29) is 23.3 Å². The van der Waals surface area contributed by atoms with Crippen LogP contribution >= 0.6 is 11.3 Å². The lowest BCUT2D eigenvalue weighted by Crippen LogP contribution is -2.40. The van der Waals surface area contributed by atoms with Crippen molar-refractivity contribution >= 4 is 38.4 Å². The van der Waals surface area contributed by atoms with Crippen molar-refractivity contribution in [3.05, 3.63) is 65.9 Å². The summed E-state index contributed by atoms with van der Waals surface area (Å²) in [7, 11) is 0. The molecule has 0 spiro atoms. The summed E-state index contributed by atoms with van der Waals surface area (Å²) >= 11 is 1.52. The molecule has 1 aliphatic heterocycles. The van der Waals surface area contributed by atoms with Crippen LogP contribution in [0.15, 0.2) is 48.5 Å². The third kappa shape index (κ3) is 3.84. The Morgan fingerprint density at radius 3 is 2.84 bits per heavy atom. The Bertz CT molecular complexity index is 1300. The summed E-state index contributed by atoms with van der Waals surface area (Å²) in [6.07, 6.45) is 1.57. The summed E-state index contributed by atoms with van der Waals surface area (Å²) in [5, 5.41) is 8.04. The number of hydrogen-bond donors (Lipinski definition) is 1. The first-order valence-electron chi connectivity index (χ1n) is 10.4. The minimum Gasteiger partial charge on any atom is -0.347 e. The van der Waals surface area contributed by atoms with Gasteiger partial charge in [0.1, 0.15) is 11.6 Å². The molecule has 9 heteroatoms. The van der Waals surface area contributed by atoms with Gasteiger partial charge in [0.2, 0.25) is 5.91 Å². The maximum atomic E-state index is 13.9. The second kappa shape index (κ2) is 8.31. The number of nitrogens with one attached hydrogen (secondary N) is 1. The lowest BCUT2D eigenvalue weighted by Gasteiger charge is -2.31. The number of nitrogens with zero attached hydrogens (tertiary/aromatic N) is 4. The second-order valence-corrected chi connectivity index (χ2v) is 8.86. The predicted octanol–water partition coefficient (Wildman–Crippen LogP) is 4.92. The van der Waals surface area contributed by atoms with Gasteiger partial charge < -0.3 is 10.2 Å². The first-order chi connectivity index (χ1) is 15.5. The number of aryl methyl sites for hydroxylation is 1. The molecule has 1 N–H and O–H groups in total. The number of fused-ring (bicyclic) bond motifs is 1. The maximum Gasteiger partial charge on any atom is 0.229 e. The van der Waals surface area contributed by atoms with Crippen molar-refractivity contribution in [2.24, 2.45) is 5.92 Å². The molecule has 2 aromatic carbocycles. The standard InChI is InChI=1S/C23H21F2N5OS/c1-14-20-21(30(28-14)17-8-4-7-16(24)12-17)27-23(32-20)29-11-5-6-15(13-29)22(31)26-19-10-3-2-9-18(19)25/h2-4,7-10,12,15H,5-6,11,13H2,1H3,(H,26,31). The van der Waals surface area contributed by atoms with Crippen LogP contribution in [0.25, 0.3) is 16.0 Å². The quantitative estimate of drug-likeness (QED) is 0.476. The lowest BCUT2D eigenvalue weighted by molar-refractivity contribution is -0.120. The zero-order valence-corrected chi connectivity index (χ0v) is 18.2. The summed E-state index contributed by atoms with van der Waals surface area (Å²) < 4.78 is 30.2. The van der Waals surface area contributed by atoms with E-state index in [1.54, 1.807) is 35.0 Å². The number of carbonyl (C=O) groups excluding carboxylic acids is 1. The lowest BCUT2D eigenvalue weighted by atomic mass is 9.97. The molecule has 164 valence electrons. The fourth-order valence-corrected chi connectivity index (χ4v) is 5.03. The molecule has 1 saturated heterocycles. The van der Waals surface area contributed by atoms with E-state index in [9.17, 15) is 13.6 Å². The SMILES string of the molecule is Cc1nn(-c2cccc(F)c2)c2nc(N3CCCC(C(=O)Nc4ccccc4F)C3)sc12. The van der Waals surface area contributed by atoms with E-state index >= 15 is 0 Å². The molecule has 0 aliphatic carbocycles. The van der Waals surface area contributed by atoms with E-state index in [1.165, 1.54) is 29.5 Å². The van der Waals surface area contributed by atoms with Gasteiger partial charge in [-0.1, -0.05) is 29.5 Å². The van der Waals surface area contributed by atoms with Gasteiger partial charge in [-0.2, -0.15) is 10.1 Å². The van der Waals surface area contributed by atoms with Gasteiger partial charge in [-0.3, -0.25) is 4.79 Å². The number of carbonyl (C=O) groups is 1. The van der Waals surface area contributed by atoms with Crippen molar-refractivity contribution in [3.8, 4) is 5.69 Å². The Labute approximate surface area is 187 Å². The number of thiazole rings is 1. The van der Waals surface area contributed by atoms with Crippen LogP contribution in [0.5, 0.6) is 0 Å². The molecule has 6 nitrogen and oxygen atoms in total. The monoisotopic (exact) mass is 453 g/mol. The van der Waals surface area contributed by atoms with Gasteiger partial charge in [-0.15, -0.1) is 0 Å². The third-order valence-corrected chi connectivity index (χ3v) is 6.84. The topological polar surface area (TPSA) is 63.1 Å². The highest BCUT2D eigenvalue weighted by atomic mass is 32.1. The molecule has 0 bridgehead atoms. The number of amides is 1. The average Bonchev–Trinajstić information content (AvgIpc) is 3.36. The Morgan fingerprint density at radius 1 is 1.19 bits per heavy atom. The Balaban J connectivity index is 1.39. The molecule has 1 aliphatic rings. The first kappa shape index (κ1) is 20.6. The molecule has 5 rings (SSSR count). The van der Waals surface area contributed by atoms with Crippen LogP contribution < -0.4 is 10.2 Å². The number of anilines is 2. The van der Waals surface area contributed by atoms with Crippen LogP contribution in [0.2, 0.25) is 0 Å². The highest BCUT2D eigenvalue weighted by Gasteiger charge is 2.29. The summed E-state index contributed by atoms with van der Waals surface area (Å²) in [6, 6.07) is 12.4. The number of rotatable bonds is 4. The van der Waals surface area contributed by atoms with Crippen molar-refractivity contribution in [1.82, 2.24) is 14.8 Å². The normalized spacial score (nSPS) is 16.5. The van der Waals surface area contributed by atoms with Crippen LogP contribution in [-0.4, -0.2) is 33.8 Å². The minimum atomic E-state index is -0.447. The zero-order valence-electron chi connectivity index (χ0n) is 17.4. The van der Waals surface area contributed by atoms with Crippen LogP contribution in [0.4, 0.5) is 19.6 Å². The van der Waals surface area contributed by atoms with Crippen molar-refractivity contribution < 1.29 is 13.6 Å². The van der Waals surface area contributed by atoms with Gasteiger partial charge in [0, 0.05) is 13.1 Å². The van der Waals surface area contributed by atoms with Crippen LogP contribution in [0, 0.1) is 24.5 Å². The Hall–Kier alpha value is -3.33. The number of halogens is 2. The van der Waals surface area contributed by atoms with Crippen molar-refractivity contribution in [2.75, 3.05) is 23.3 Å². The van der Waals surface area contributed by atoms with Crippen LogP contribution in [0.1, 0.15) is 18.5 Å². The molecule has 2 aromatic heterocycles. The highest BCUT2D eigenvalue weighted by molar-refractivity contribution is 7.22. The number of piperidine rings is 1. The van der Waals surface area contributed by atoms with Gasteiger partial charge >= 0.3 is 0 Å². The highest BCUT2D eigenvalue weighted by Crippen LogP contribution is 2.34. The van der Waals surface area contributed by atoms with Crippen LogP contribution in [-0.2, 0) is 4.79 Å². The number of benzene rings is 2. The van der Waals surface area contributed by atoms with Gasteiger partial charge in [0.25, 0.3) is 0 Å². The number of hydrogen-bond acceptors (Lipinski definition) is 5. The summed E-state index contributed by atoms with van der Waals surface area (Å²) in [5.41, 5.74) is 2.30. The van der Waals surface area contributed by atoms with Gasteiger partial charge in [0.05, 0.1) is 27.7 Å². The number of para-hydroxylation sites is 1. The molecule has 1 atom stereocenters. The molecule has 0 radical (unpaired) electrons. The van der Waals surface area contributed by atoms with Gasteiger partial charge in [0.15, 0.2) is 10.8 Å². The largest absolute Gasteiger partial charge is 0.347 e. The molecular formula is C23H21F2N5OS. The second-order valence-electron chi connectivity index (χ2n) is 7.88. The summed E-state index contributed by atoms with van der Waals surface area (Å²) in [6.45, 7) is 3.19. The Kier molecular flexibility index (Phi) is 5.34. The molecule has 1 fully saturated rings. The van der Waals surface area contributed by atoms with Crippen molar-refractivity contribution in [1.29, 1.82) is 0 Å².